The van der Waals surface area contributed by atoms with Gasteiger partial charge in [-0.15, -0.1) is 11.8 Å². The molecule has 23 heavy (non-hydrogen) atoms. The molecular weight excluding hydrogens is 308 g/mol. The number of carbonyl (C=O) groups excluding carboxylic acids is 1. The Morgan fingerprint density at radius 3 is 2.65 bits per heavy atom. The number of hydrogen-bond acceptors (Lipinski definition) is 4. The van der Waals surface area contributed by atoms with Crippen molar-refractivity contribution < 1.29 is 4.79 Å². The molecule has 6 heteroatoms. The topological polar surface area (TPSA) is 47.6 Å². The summed E-state index contributed by atoms with van der Waals surface area (Å²) < 4.78 is 0. The van der Waals surface area contributed by atoms with Crippen LogP contribution in [-0.4, -0.2) is 68.4 Å². The molecule has 1 unspecified atom stereocenters. The number of piperazine rings is 1. The number of amides is 2. The minimum Gasteiger partial charge on any atom is -0.338 e. The van der Waals surface area contributed by atoms with E-state index in [0.717, 1.165) is 43.3 Å². The molecule has 0 radical (unpaired) electrons. The number of likely N-dealkylation sites (N-methyl/N-ethyl adjacent to an activating group) is 1. The highest BCUT2D eigenvalue weighted by atomic mass is 32.2. The van der Waals surface area contributed by atoms with Crippen LogP contribution in [-0.2, 0) is 0 Å². The van der Waals surface area contributed by atoms with Crippen LogP contribution in [0.4, 0.5) is 10.5 Å². The Kier molecular flexibility index (Phi) is 7.20. The number of hydrogen-bond donors (Lipinski definition) is 2. The van der Waals surface area contributed by atoms with Crippen LogP contribution in [0.15, 0.2) is 29.2 Å². The lowest BCUT2D eigenvalue weighted by atomic mass is 10.1. The maximum atomic E-state index is 12.1. The highest BCUT2D eigenvalue weighted by molar-refractivity contribution is 7.98. The summed E-state index contributed by atoms with van der Waals surface area (Å²) in [6.07, 6.45) is 2.01. The van der Waals surface area contributed by atoms with Crippen LogP contribution in [0.1, 0.15) is 6.92 Å². The first-order valence-electron chi connectivity index (χ1n) is 8.17. The molecule has 1 aromatic carbocycles. The van der Waals surface area contributed by atoms with Gasteiger partial charge < -0.3 is 20.4 Å². The van der Waals surface area contributed by atoms with Gasteiger partial charge in [0.25, 0.3) is 0 Å². The first kappa shape index (κ1) is 18.1. The zero-order chi connectivity index (χ0) is 16.7. The Morgan fingerprint density at radius 1 is 1.26 bits per heavy atom. The van der Waals surface area contributed by atoms with Gasteiger partial charge in [-0.1, -0.05) is 19.1 Å². The van der Waals surface area contributed by atoms with E-state index in [-0.39, 0.29) is 6.03 Å². The fourth-order valence-corrected chi connectivity index (χ4v) is 3.27. The molecule has 1 fully saturated rings. The number of carbonyl (C=O) groups is 1. The van der Waals surface area contributed by atoms with Gasteiger partial charge in [0.1, 0.15) is 0 Å². The first-order chi connectivity index (χ1) is 11.1. The zero-order valence-electron chi connectivity index (χ0n) is 14.3. The average Bonchev–Trinajstić information content (AvgIpc) is 2.55. The summed E-state index contributed by atoms with van der Waals surface area (Å²) >= 11 is 1.63. The fraction of sp³-hybridized carbons (Fsp3) is 0.588. The normalized spacial score (nSPS) is 17.7. The lowest BCUT2D eigenvalue weighted by Gasteiger charge is -2.33. The van der Waals surface area contributed by atoms with Gasteiger partial charge in [-0.2, -0.15) is 0 Å². The van der Waals surface area contributed by atoms with Gasteiger partial charge in [0.15, 0.2) is 0 Å². The molecule has 0 aliphatic carbocycles. The average molecular weight is 337 g/mol. The summed E-state index contributed by atoms with van der Waals surface area (Å²) in [6, 6.07) is 7.73. The van der Waals surface area contributed by atoms with Gasteiger partial charge in [-0.05, 0) is 31.4 Å². The third kappa shape index (κ3) is 6.05. The predicted molar refractivity (Wildman–Crippen MR) is 98.3 cm³/mol. The number of nitrogens with zero attached hydrogens (tertiary/aromatic N) is 2. The fourth-order valence-electron chi connectivity index (χ4n) is 2.72. The van der Waals surface area contributed by atoms with Crippen molar-refractivity contribution in [3.8, 4) is 0 Å². The molecule has 1 aromatic rings. The highest BCUT2D eigenvalue weighted by Gasteiger charge is 2.16. The van der Waals surface area contributed by atoms with E-state index in [1.165, 1.54) is 0 Å². The minimum atomic E-state index is -0.128. The molecule has 1 aliphatic heterocycles. The maximum Gasteiger partial charge on any atom is 0.319 e. The molecule has 1 atom stereocenters. The van der Waals surface area contributed by atoms with E-state index in [1.807, 2.05) is 30.5 Å². The van der Waals surface area contributed by atoms with Crippen molar-refractivity contribution in [1.82, 2.24) is 15.1 Å². The lowest BCUT2D eigenvalue weighted by molar-refractivity contribution is 0.138. The van der Waals surface area contributed by atoms with E-state index in [2.05, 4.69) is 34.4 Å². The molecule has 0 aromatic heterocycles. The van der Waals surface area contributed by atoms with Crippen LogP contribution in [0, 0.1) is 5.92 Å². The maximum absolute atomic E-state index is 12.1. The van der Waals surface area contributed by atoms with Crippen LogP contribution in [0.3, 0.4) is 0 Å². The molecule has 128 valence electrons. The number of nitrogens with one attached hydrogen (secondary N) is 2. The standard InChI is InChI=1S/C17H28N4OS/c1-14(13-21-10-8-20(2)9-11-21)12-18-17(22)19-15-6-4-5-7-16(15)23-3/h4-7,14H,8-13H2,1-3H3,(H2,18,19,22). The summed E-state index contributed by atoms with van der Waals surface area (Å²) in [5.41, 5.74) is 0.865. The summed E-state index contributed by atoms with van der Waals surface area (Å²) in [5.74, 6) is 0.444. The Morgan fingerprint density at radius 2 is 1.96 bits per heavy atom. The van der Waals surface area contributed by atoms with Crippen LogP contribution < -0.4 is 10.6 Å². The third-order valence-electron chi connectivity index (χ3n) is 4.13. The van der Waals surface area contributed by atoms with Gasteiger partial charge in [0.2, 0.25) is 0 Å². The highest BCUT2D eigenvalue weighted by Crippen LogP contribution is 2.24. The van der Waals surface area contributed by atoms with Gasteiger partial charge in [-0.3, -0.25) is 0 Å². The van der Waals surface area contributed by atoms with E-state index in [0.29, 0.717) is 12.5 Å². The van der Waals surface area contributed by atoms with Crippen molar-refractivity contribution in [1.29, 1.82) is 0 Å². The summed E-state index contributed by atoms with van der Waals surface area (Å²) in [5, 5.41) is 5.92. The number of urea groups is 1. The third-order valence-corrected chi connectivity index (χ3v) is 4.93. The Labute approximate surface area is 143 Å². The first-order valence-corrected chi connectivity index (χ1v) is 9.39. The smallest absolute Gasteiger partial charge is 0.319 e. The molecule has 1 heterocycles. The van der Waals surface area contributed by atoms with E-state index in [9.17, 15) is 4.79 Å². The van der Waals surface area contributed by atoms with E-state index in [1.54, 1.807) is 11.8 Å². The van der Waals surface area contributed by atoms with Crippen molar-refractivity contribution in [2.75, 3.05) is 57.9 Å². The van der Waals surface area contributed by atoms with Crippen LogP contribution in [0.2, 0.25) is 0 Å². The molecule has 2 N–H and O–H groups in total. The number of thioether (sulfide) groups is 1. The van der Waals surface area contributed by atoms with Crippen LogP contribution in [0.5, 0.6) is 0 Å². The Hall–Kier alpha value is -1.24. The summed E-state index contributed by atoms with van der Waals surface area (Å²) in [7, 11) is 2.17. The molecule has 1 aliphatic rings. The lowest BCUT2D eigenvalue weighted by Crippen LogP contribution is -2.47. The van der Waals surface area contributed by atoms with Gasteiger partial charge in [-0.25, -0.2) is 4.79 Å². The molecule has 5 nitrogen and oxygen atoms in total. The number of anilines is 1. The van der Waals surface area contributed by atoms with E-state index >= 15 is 0 Å². The molecule has 0 saturated carbocycles. The number of para-hydroxylation sites is 1. The summed E-state index contributed by atoms with van der Waals surface area (Å²) in [6.45, 7) is 8.42. The molecule has 2 amide bonds. The van der Waals surface area contributed by atoms with E-state index < -0.39 is 0 Å². The Balaban J connectivity index is 1.71. The molecule has 1 saturated heterocycles. The second-order valence-corrected chi connectivity index (χ2v) is 7.09. The monoisotopic (exact) mass is 336 g/mol. The van der Waals surface area contributed by atoms with Gasteiger partial charge in [0, 0.05) is 44.2 Å². The van der Waals surface area contributed by atoms with Crippen LogP contribution >= 0.6 is 11.8 Å². The van der Waals surface area contributed by atoms with Crippen molar-refractivity contribution >= 4 is 23.5 Å². The van der Waals surface area contributed by atoms with Crippen molar-refractivity contribution in [2.24, 2.45) is 5.92 Å². The largest absolute Gasteiger partial charge is 0.338 e. The van der Waals surface area contributed by atoms with Crippen molar-refractivity contribution in [2.45, 2.75) is 11.8 Å². The second-order valence-electron chi connectivity index (χ2n) is 6.24. The number of rotatable bonds is 6. The van der Waals surface area contributed by atoms with Gasteiger partial charge >= 0.3 is 6.03 Å². The van der Waals surface area contributed by atoms with Crippen molar-refractivity contribution in [3.05, 3.63) is 24.3 Å². The quantitative estimate of drug-likeness (QED) is 0.783. The SMILES string of the molecule is CSc1ccccc1NC(=O)NCC(C)CN1CCN(C)CC1. The number of benzene rings is 1. The van der Waals surface area contributed by atoms with Crippen molar-refractivity contribution in [3.63, 3.8) is 0 Å². The molecule has 0 bridgehead atoms. The van der Waals surface area contributed by atoms with Gasteiger partial charge in [0.05, 0.1) is 5.69 Å². The Bertz CT molecular complexity index is 503. The summed E-state index contributed by atoms with van der Waals surface area (Å²) in [4.78, 5) is 18.0. The molecule has 0 spiro atoms. The molecular formula is C17H28N4OS. The molecule has 2 rings (SSSR count). The minimum absolute atomic E-state index is 0.128. The zero-order valence-corrected chi connectivity index (χ0v) is 15.2. The second kappa shape index (κ2) is 9.15. The predicted octanol–water partition coefficient (Wildman–Crippen LogP) is 2.41. The van der Waals surface area contributed by atoms with Crippen LogP contribution in [0.25, 0.3) is 0 Å². The van der Waals surface area contributed by atoms with E-state index in [4.69, 9.17) is 0 Å².